The highest BCUT2D eigenvalue weighted by atomic mass is 19.3. The van der Waals surface area contributed by atoms with E-state index in [0.29, 0.717) is 17.9 Å². The summed E-state index contributed by atoms with van der Waals surface area (Å²) in [7, 11) is 1.61. The van der Waals surface area contributed by atoms with Crippen molar-refractivity contribution in [2.75, 3.05) is 7.11 Å². The van der Waals surface area contributed by atoms with Gasteiger partial charge >= 0.3 is 0 Å². The number of nitrogens with zero attached hydrogens (tertiary/aromatic N) is 3. The Morgan fingerprint density at radius 2 is 2.00 bits per heavy atom. The van der Waals surface area contributed by atoms with Crippen molar-refractivity contribution in [1.82, 2.24) is 14.5 Å². The van der Waals surface area contributed by atoms with Crippen LogP contribution in [0.3, 0.4) is 0 Å². The van der Waals surface area contributed by atoms with E-state index in [1.54, 1.807) is 24.9 Å². The number of fused-ring (bicyclic) bond motifs is 1. The number of ether oxygens (including phenoxy) is 1. The molecule has 0 fully saturated rings. The van der Waals surface area contributed by atoms with Crippen LogP contribution in [0.4, 0.5) is 8.78 Å². The molecule has 0 aliphatic heterocycles. The maximum atomic E-state index is 14.4. The molecule has 0 aliphatic carbocycles. The molecule has 4 nitrogen and oxygen atoms in total. The monoisotopic (exact) mass is 343 g/mol. The first kappa shape index (κ1) is 17.1. The molecule has 0 bridgehead atoms. The first-order valence-corrected chi connectivity index (χ1v) is 7.89. The van der Waals surface area contributed by atoms with Crippen molar-refractivity contribution in [3.63, 3.8) is 0 Å². The van der Waals surface area contributed by atoms with Crippen LogP contribution < -0.4 is 4.74 Å². The fourth-order valence-corrected chi connectivity index (χ4v) is 2.77. The van der Waals surface area contributed by atoms with Crippen LogP contribution >= 0.6 is 0 Å². The predicted octanol–water partition coefficient (Wildman–Crippen LogP) is 4.46. The van der Waals surface area contributed by atoms with Crippen molar-refractivity contribution in [3.8, 4) is 5.75 Å². The first-order valence-electron chi connectivity index (χ1n) is 7.89. The summed E-state index contributed by atoms with van der Waals surface area (Å²) in [5, 5.41) is 0. The Morgan fingerprint density at radius 1 is 1.28 bits per heavy atom. The summed E-state index contributed by atoms with van der Waals surface area (Å²) in [6.45, 7) is 5.61. The van der Waals surface area contributed by atoms with Crippen LogP contribution in [0.15, 0.2) is 49.3 Å². The molecule has 0 saturated heterocycles. The molecule has 0 aliphatic rings. The lowest BCUT2D eigenvalue weighted by molar-refractivity contribution is 0.000447. The summed E-state index contributed by atoms with van der Waals surface area (Å²) >= 11 is 0. The molecule has 2 heterocycles. The molecule has 0 amide bonds. The SMILES string of the molecule is C=CCC(F)(F)c1cc(C)nc2c1ncn2Cc1ccc(OC)cc1. The zero-order valence-corrected chi connectivity index (χ0v) is 14.2. The van der Waals surface area contributed by atoms with Crippen molar-refractivity contribution in [2.45, 2.75) is 25.8 Å². The number of aryl methyl sites for hydroxylation is 1. The number of pyridine rings is 1. The molecule has 0 unspecified atom stereocenters. The maximum absolute atomic E-state index is 14.4. The topological polar surface area (TPSA) is 39.9 Å². The number of aromatic nitrogens is 3. The Balaban J connectivity index is 2.03. The molecule has 3 rings (SSSR count). The largest absolute Gasteiger partial charge is 0.497 e. The van der Waals surface area contributed by atoms with Gasteiger partial charge in [-0.15, -0.1) is 6.58 Å². The van der Waals surface area contributed by atoms with Crippen molar-refractivity contribution < 1.29 is 13.5 Å². The second kappa shape index (κ2) is 6.63. The third-order valence-electron chi connectivity index (χ3n) is 4.01. The van der Waals surface area contributed by atoms with E-state index >= 15 is 0 Å². The number of imidazole rings is 1. The van der Waals surface area contributed by atoms with Crippen molar-refractivity contribution in [1.29, 1.82) is 0 Å². The normalized spacial score (nSPS) is 11.7. The van der Waals surface area contributed by atoms with Crippen LogP contribution in [0.5, 0.6) is 5.75 Å². The highest BCUT2D eigenvalue weighted by Gasteiger charge is 2.33. The van der Waals surface area contributed by atoms with Gasteiger partial charge in [0.25, 0.3) is 5.92 Å². The van der Waals surface area contributed by atoms with Gasteiger partial charge < -0.3 is 9.30 Å². The molecule has 0 spiro atoms. The Bertz CT molecular complexity index is 901. The molecule has 1 aromatic carbocycles. The van der Waals surface area contributed by atoms with Gasteiger partial charge in [-0.3, -0.25) is 0 Å². The zero-order valence-electron chi connectivity index (χ0n) is 14.2. The number of halogens is 2. The highest BCUT2D eigenvalue weighted by molar-refractivity contribution is 5.76. The van der Waals surface area contributed by atoms with Gasteiger partial charge in [0, 0.05) is 12.1 Å². The molecule has 0 radical (unpaired) electrons. The van der Waals surface area contributed by atoms with Gasteiger partial charge in [0.05, 0.1) is 25.5 Å². The number of alkyl halides is 2. The summed E-state index contributed by atoms with van der Waals surface area (Å²) in [4.78, 5) is 8.62. The van der Waals surface area contributed by atoms with Crippen LogP contribution in [-0.2, 0) is 12.5 Å². The van der Waals surface area contributed by atoms with Gasteiger partial charge in [-0.25, -0.2) is 18.7 Å². The molecular formula is C19H19F2N3O. The summed E-state index contributed by atoms with van der Waals surface area (Å²) in [5.74, 6) is -2.26. The van der Waals surface area contributed by atoms with Crippen LogP contribution in [0.25, 0.3) is 11.2 Å². The third kappa shape index (κ3) is 3.38. The number of rotatable bonds is 6. The molecule has 3 aromatic rings. The first-order chi connectivity index (χ1) is 11.9. The maximum Gasteiger partial charge on any atom is 0.278 e. The standard InChI is InChI=1S/C19H19F2N3O/c1-4-9-19(20,21)16-10-13(2)23-18-17(16)22-12-24(18)11-14-5-7-15(25-3)8-6-14/h4-8,10,12H,1,9,11H2,2-3H3. The lowest BCUT2D eigenvalue weighted by Gasteiger charge is -2.16. The average Bonchev–Trinajstić information content (AvgIpc) is 2.97. The van der Waals surface area contributed by atoms with E-state index in [1.807, 2.05) is 24.3 Å². The van der Waals surface area contributed by atoms with E-state index in [0.717, 1.165) is 11.3 Å². The van der Waals surface area contributed by atoms with Crippen LogP contribution in [0.1, 0.15) is 23.2 Å². The smallest absolute Gasteiger partial charge is 0.278 e. The van der Waals surface area contributed by atoms with E-state index in [9.17, 15) is 8.78 Å². The van der Waals surface area contributed by atoms with E-state index < -0.39 is 12.3 Å². The number of hydrogen-bond donors (Lipinski definition) is 0. The lowest BCUT2D eigenvalue weighted by atomic mass is 10.0. The molecule has 25 heavy (non-hydrogen) atoms. The van der Waals surface area contributed by atoms with Crippen molar-refractivity contribution in [3.05, 3.63) is 66.1 Å². The van der Waals surface area contributed by atoms with Gasteiger partial charge in [-0.05, 0) is 30.7 Å². The van der Waals surface area contributed by atoms with Crippen LogP contribution in [0.2, 0.25) is 0 Å². The molecule has 0 saturated carbocycles. The van der Waals surface area contributed by atoms with Gasteiger partial charge in [-0.2, -0.15) is 0 Å². The molecule has 6 heteroatoms. The molecule has 0 atom stereocenters. The van der Waals surface area contributed by atoms with Gasteiger partial charge in [0.15, 0.2) is 5.65 Å². The summed E-state index contributed by atoms with van der Waals surface area (Å²) < 4.78 is 35.8. The van der Waals surface area contributed by atoms with E-state index in [1.165, 1.54) is 12.1 Å². The highest BCUT2D eigenvalue weighted by Crippen LogP contribution is 2.36. The van der Waals surface area contributed by atoms with Crippen LogP contribution in [0, 0.1) is 6.92 Å². The fourth-order valence-electron chi connectivity index (χ4n) is 2.77. The van der Waals surface area contributed by atoms with E-state index in [-0.39, 0.29) is 11.1 Å². The zero-order chi connectivity index (χ0) is 18.0. The number of hydrogen-bond acceptors (Lipinski definition) is 3. The van der Waals surface area contributed by atoms with Crippen molar-refractivity contribution in [2.24, 2.45) is 0 Å². The van der Waals surface area contributed by atoms with Gasteiger partial charge in [0.2, 0.25) is 0 Å². The second-order valence-electron chi connectivity index (χ2n) is 5.90. The minimum atomic E-state index is -3.02. The number of methoxy groups -OCH3 is 1. The average molecular weight is 343 g/mol. The summed E-state index contributed by atoms with van der Waals surface area (Å²) in [6, 6.07) is 8.96. The van der Waals surface area contributed by atoms with Gasteiger partial charge in [0.1, 0.15) is 11.3 Å². The van der Waals surface area contributed by atoms with Crippen LogP contribution in [-0.4, -0.2) is 21.6 Å². The second-order valence-corrected chi connectivity index (χ2v) is 5.90. The molecular weight excluding hydrogens is 324 g/mol. The Labute approximate surface area is 144 Å². The fraction of sp³-hybridized carbons (Fsp3) is 0.263. The van der Waals surface area contributed by atoms with Gasteiger partial charge in [-0.1, -0.05) is 18.2 Å². The van der Waals surface area contributed by atoms with Crippen molar-refractivity contribution >= 4 is 11.2 Å². The Kier molecular flexibility index (Phi) is 4.53. The molecule has 0 N–H and O–H groups in total. The number of benzene rings is 1. The van der Waals surface area contributed by atoms with E-state index in [2.05, 4.69) is 16.5 Å². The minimum Gasteiger partial charge on any atom is -0.497 e. The Morgan fingerprint density at radius 3 is 2.64 bits per heavy atom. The number of allylic oxidation sites excluding steroid dienone is 1. The Hall–Kier alpha value is -2.76. The summed E-state index contributed by atoms with van der Waals surface area (Å²) in [6.07, 6.45) is 2.33. The molecule has 2 aromatic heterocycles. The predicted molar refractivity (Wildman–Crippen MR) is 93.1 cm³/mol. The quantitative estimate of drug-likeness (QED) is 0.620. The third-order valence-corrected chi connectivity index (χ3v) is 4.01. The summed E-state index contributed by atoms with van der Waals surface area (Å²) in [5.41, 5.74) is 2.11. The lowest BCUT2D eigenvalue weighted by Crippen LogP contribution is -2.14. The van der Waals surface area contributed by atoms with E-state index in [4.69, 9.17) is 4.74 Å². The minimum absolute atomic E-state index is 0.108. The molecule has 130 valence electrons.